The van der Waals surface area contributed by atoms with Crippen molar-refractivity contribution >= 4 is 49.0 Å². The number of nitrogens with zero attached hydrogens (tertiary/aromatic N) is 2. The maximum Gasteiger partial charge on any atom is 0.306 e. The standard InChI is InChI=1S/C22H22N2O5S2/c1-2-31(27,28)24-12-11-15-13-16(7-8-18(15)24)19(25)14-29-22(26)10-9-21-23-17-5-3-4-6-20(17)30-21/h3-8,13H,2,9-12,14H2,1H3. The largest absolute Gasteiger partial charge is 0.457 e. The highest BCUT2D eigenvalue weighted by molar-refractivity contribution is 7.92. The van der Waals surface area contributed by atoms with Crippen LogP contribution in [0.25, 0.3) is 10.2 Å². The average Bonchev–Trinajstić information content (AvgIpc) is 3.39. The molecule has 3 aromatic rings. The molecule has 0 saturated carbocycles. The summed E-state index contributed by atoms with van der Waals surface area (Å²) in [6.45, 7) is 1.65. The molecular formula is C22H22N2O5S2. The molecule has 31 heavy (non-hydrogen) atoms. The SMILES string of the molecule is CCS(=O)(=O)N1CCc2cc(C(=O)COC(=O)CCc3nc4ccccc4s3)ccc21. The first-order valence-electron chi connectivity index (χ1n) is 10.0. The van der Waals surface area contributed by atoms with E-state index in [0.29, 0.717) is 30.6 Å². The number of sulfonamides is 1. The Morgan fingerprint density at radius 3 is 2.77 bits per heavy atom. The number of thiazole rings is 1. The van der Waals surface area contributed by atoms with Crippen LogP contribution in [0.3, 0.4) is 0 Å². The molecule has 0 bridgehead atoms. The monoisotopic (exact) mass is 458 g/mol. The van der Waals surface area contributed by atoms with Crippen molar-refractivity contribution in [2.75, 3.05) is 23.2 Å². The summed E-state index contributed by atoms with van der Waals surface area (Å²) in [5.74, 6) is -0.734. The number of anilines is 1. The van der Waals surface area contributed by atoms with Crippen molar-refractivity contribution in [2.24, 2.45) is 0 Å². The molecule has 0 spiro atoms. The van der Waals surface area contributed by atoms with Crippen LogP contribution in [0.5, 0.6) is 0 Å². The van der Waals surface area contributed by atoms with Crippen LogP contribution in [0.1, 0.15) is 34.3 Å². The number of para-hydroxylation sites is 1. The first-order valence-corrected chi connectivity index (χ1v) is 12.5. The van der Waals surface area contributed by atoms with E-state index in [1.807, 2.05) is 24.3 Å². The molecule has 2 aromatic carbocycles. The second kappa shape index (κ2) is 8.76. The number of aromatic nitrogens is 1. The zero-order valence-electron chi connectivity index (χ0n) is 17.0. The van der Waals surface area contributed by atoms with E-state index in [1.54, 1.807) is 36.5 Å². The number of Topliss-reactive ketones (excluding diaryl/α,β-unsaturated/α-hetero) is 1. The Balaban J connectivity index is 1.32. The van der Waals surface area contributed by atoms with Gasteiger partial charge in [0.2, 0.25) is 10.0 Å². The molecular weight excluding hydrogens is 436 g/mol. The fourth-order valence-electron chi connectivity index (χ4n) is 3.53. The maximum absolute atomic E-state index is 12.5. The lowest BCUT2D eigenvalue weighted by atomic mass is 10.1. The normalized spacial score (nSPS) is 13.4. The first-order chi connectivity index (χ1) is 14.9. The summed E-state index contributed by atoms with van der Waals surface area (Å²) in [6, 6.07) is 12.7. The van der Waals surface area contributed by atoms with Crippen LogP contribution >= 0.6 is 11.3 Å². The molecule has 0 N–H and O–H groups in total. The number of ketones is 1. The Morgan fingerprint density at radius 1 is 1.19 bits per heavy atom. The van der Waals surface area contributed by atoms with Crippen LogP contribution in [0.4, 0.5) is 5.69 Å². The lowest BCUT2D eigenvalue weighted by Gasteiger charge is -2.18. The van der Waals surface area contributed by atoms with Crippen LogP contribution in [0, 0.1) is 0 Å². The van der Waals surface area contributed by atoms with Gasteiger partial charge in [0, 0.05) is 18.5 Å². The van der Waals surface area contributed by atoms with Crippen molar-refractivity contribution in [3.05, 3.63) is 58.6 Å². The Labute approximate surface area is 184 Å². The van der Waals surface area contributed by atoms with Crippen LogP contribution in [-0.4, -0.2) is 44.1 Å². The van der Waals surface area contributed by atoms with Gasteiger partial charge in [-0.15, -0.1) is 11.3 Å². The third-order valence-corrected chi connectivity index (χ3v) is 8.08. The number of esters is 1. The van der Waals surface area contributed by atoms with Crippen molar-refractivity contribution in [2.45, 2.75) is 26.2 Å². The Morgan fingerprint density at radius 2 is 2.00 bits per heavy atom. The molecule has 1 aliphatic heterocycles. The number of carbonyl (C=O) groups excluding carboxylic acids is 2. The number of ether oxygens (including phenoxy) is 1. The highest BCUT2D eigenvalue weighted by Gasteiger charge is 2.28. The van der Waals surface area contributed by atoms with E-state index < -0.39 is 16.0 Å². The fraction of sp³-hybridized carbons (Fsp3) is 0.318. The van der Waals surface area contributed by atoms with Crippen molar-refractivity contribution in [3.63, 3.8) is 0 Å². The minimum atomic E-state index is -3.33. The summed E-state index contributed by atoms with van der Waals surface area (Å²) < 4.78 is 32.0. The Bertz CT molecular complexity index is 1220. The van der Waals surface area contributed by atoms with Gasteiger partial charge >= 0.3 is 5.97 Å². The summed E-state index contributed by atoms with van der Waals surface area (Å²) in [6.07, 6.45) is 1.17. The van der Waals surface area contributed by atoms with Crippen LogP contribution in [0.2, 0.25) is 0 Å². The summed E-state index contributed by atoms with van der Waals surface area (Å²) >= 11 is 1.54. The summed E-state index contributed by atoms with van der Waals surface area (Å²) in [5, 5.41) is 0.856. The molecule has 0 fully saturated rings. The van der Waals surface area contributed by atoms with Crippen molar-refractivity contribution in [1.29, 1.82) is 0 Å². The third kappa shape index (κ3) is 4.62. The molecule has 2 heterocycles. The quantitative estimate of drug-likeness (QED) is 0.380. The average molecular weight is 459 g/mol. The second-order valence-corrected chi connectivity index (χ2v) is 10.5. The van der Waals surface area contributed by atoms with E-state index in [9.17, 15) is 18.0 Å². The van der Waals surface area contributed by atoms with Crippen molar-refractivity contribution in [1.82, 2.24) is 4.98 Å². The number of benzene rings is 2. The number of hydrogen-bond acceptors (Lipinski definition) is 7. The lowest BCUT2D eigenvalue weighted by molar-refractivity contribution is -0.142. The number of aryl methyl sites for hydroxylation is 1. The van der Waals surface area contributed by atoms with Gasteiger partial charge in [-0.1, -0.05) is 12.1 Å². The summed E-state index contributed by atoms with van der Waals surface area (Å²) in [4.78, 5) is 29.0. The molecule has 9 heteroatoms. The highest BCUT2D eigenvalue weighted by atomic mass is 32.2. The number of carbonyl (C=O) groups is 2. The predicted octanol–water partition coefficient (Wildman–Crippen LogP) is 3.37. The van der Waals surface area contributed by atoms with Gasteiger partial charge in [0.15, 0.2) is 12.4 Å². The van der Waals surface area contributed by atoms with E-state index in [2.05, 4.69) is 4.98 Å². The topological polar surface area (TPSA) is 93.6 Å². The number of rotatable bonds is 8. The van der Waals surface area contributed by atoms with E-state index in [1.165, 1.54) is 4.31 Å². The van der Waals surface area contributed by atoms with Gasteiger partial charge in [-0.25, -0.2) is 13.4 Å². The zero-order chi connectivity index (χ0) is 22.0. The molecule has 1 aliphatic rings. The molecule has 0 unspecified atom stereocenters. The summed E-state index contributed by atoms with van der Waals surface area (Å²) in [7, 11) is -3.33. The smallest absolute Gasteiger partial charge is 0.306 e. The Kier molecular flexibility index (Phi) is 6.06. The maximum atomic E-state index is 12.5. The van der Waals surface area contributed by atoms with Crippen LogP contribution < -0.4 is 4.31 Å². The summed E-state index contributed by atoms with van der Waals surface area (Å²) in [5.41, 5.74) is 2.75. The van der Waals surface area contributed by atoms with Crippen molar-refractivity contribution in [3.8, 4) is 0 Å². The van der Waals surface area contributed by atoms with Gasteiger partial charge in [-0.2, -0.15) is 0 Å². The van der Waals surface area contributed by atoms with Gasteiger partial charge in [-0.05, 0) is 49.2 Å². The van der Waals surface area contributed by atoms with Crippen molar-refractivity contribution < 1.29 is 22.7 Å². The minimum absolute atomic E-state index is 0.0279. The molecule has 0 amide bonds. The van der Waals surface area contributed by atoms with E-state index in [4.69, 9.17) is 4.74 Å². The number of hydrogen-bond donors (Lipinski definition) is 0. The van der Waals surface area contributed by atoms with Gasteiger partial charge < -0.3 is 4.74 Å². The molecule has 7 nitrogen and oxygen atoms in total. The second-order valence-electron chi connectivity index (χ2n) is 7.23. The van der Waals surface area contributed by atoms with Gasteiger partial charge in [0.05, 0.1) is 33.1 Å². The van der Waals surface area contributed by atoms with Gasteiger partial charge in [0.25, 0.3) is 0 Å². The molecule has 0 saturated heterocycles. The molecule has 1 aromatic heterocycles. The third-order valence-electron chi connectivity index (χ3n) is 5.20. The molecule has 0 atom stereocenters. The molecule has 4 rings (SSSR count). The highest BCUT2D eigenvalue weighted by Crippen LogP contribution is 2.31. The van der Waals surface area contributed by atoms with Crippen LogP contribution in [0.15, 0.2) is 42.5 Å². The Hall–Kier alpha value is -2.78. The lowest BCUT2D eigenvalue weighted by Crippen LogP contribution is -2.30. The molecule has 162 valence electrons. The van der Waals surface area contributed by atoms with Gasteiger partial charge in [-0.3, -0.25) is 13.9 Å². The fourth-order valence-corrected chi connectivity index (χ4v) is 5.65. The zero-order valence-corrected chi connectivity index (χ0v) is 18.7. The van der Waals surface area contributed by atoms with E-state index in [0.717, 1.165) is 20.8 Å². The minimum Gasteiger partial charge on any atom is -0.457 e. The predicted molar refractivity (Wildman–Crippen MR) is 120 cm³/mol. The van der Waals surface area contributed by atoms with Crippen LogP contribution in [-0.2, 0) is 32.4 Å². The van der Waals surface area contributed by atoms with E-state index in [-0.39, 0.29) is 24.6 Å². The van der Waals surface area contributed by atoms with E-state index >= 15 is 0 Å². The first kappa shape index (κ1) is 21.5. The number of fused-ring (bicyclic) bond motifs is 2. The van der Waals surface area contributed by atoms with Gasteiger partial charge in [0.1, 0.15) is 0 Å². The molecule has 0 radical (unpaired) electrons. The molecule has 0 aliphatic carbocycles.